The molecule has 3 heterocycles. The zero-order chi connectivity index (χ0) is 18.7. The minimum Gasteiger partial charge on any atom is -0.379 e. The number of nitrogens with zero attached hydrogens (tertiary/aromatic N) is 3. The maximum Gasteiger partial charge on any atom is 0.269 e. The Hall–Kier alpha value is -2.12. The second kappa shape index (κ2) is 7.86. The SMILES string of the molecule is Cn1cccc1-c1cc(C(=O)NCC2(N3CCOCC3)CCCCC2)[nH]n1. The van der Waals surface area contributed by atoms with Gasteiger partial charge in [0.25, 0.3) is 5.91 Å². The van der Waals surface area contributed by atoms with Crippen LogP contribution in [0.2, 0.25) is 0 Å². The topological polar surface area (TPSA) is 75.2 Å². The molecule has 0 bridgehead atoms. The number of carbonyl (C=O) groups is 1. The van der Waals surface area contributed by atoms with Crippen LogP contribution in [0.1, 0.15) is 42.6 Å². The van der Waals surface area contributed by atoms with E-state index in [0.29, 0.717) is 12.2 Å². The van der Waals surface area contributed by atoms with Crippen LogP contribution in [-0.2, 0) is 11.8 Å². The lowest BCUT2D eigenvalue weighted by atomic mass is 9.79. The summed E-state index contributed by atoms with van der Waals surface area (Å²) < 4.78 is 7.53. The summed E-state index contributed by atoms with van der Waals surface area (Å²) in [6, 6.07) is 5.79. The average Bonchev–Trinajstić information content (AvgIpc) is 3.36. The molecule has 1 amide bonds. The fourth-order valence-electron chi connectivity index (χ4n) is 4.49. The van der Waals surface area contributed by atoms with Crippen LogP contribution < -0.4 is 5.32 Å². The summed E-state index contributed by atoms with van der Waals surface area (Å²) in [6.07, 6.45) is 8.01. The number of rotatable bonds is 5. The Morgan fingerprint density at radius 2 is 2.07 bits per heavy atom. The van der Waals surface area contributed by atoms with E-state index in [1.54, 1.807) is 0 Å². The molecular formula is C20H29N5O2. The van der Waals surface area contributed by atoms with E-state index in [1.165, 1.54) is 19.3 Å². The number of nitrogens with one attached hydrogen (secondary N) is 2. The Labute approximate surface area is 160 Å². The van der Waals surface area contributed by atoms with E-state index in [4.69, 9.17) is 4.74 Å². The van der Waals surface area contributed by atoms with Crippen molar-refractivity contribution in [2.45, 2.75) is 37.6 Å². The normalized spacial score (nSPS) is 20.5. The van der Waals surface area contributed by atoms with Crippen molar-refractivity contribution in [1.29, 1.82) is 0 Å². The summed E-state index contributed by atoms with van der Waals surface area (Å²) in [5, 5.41) is 10.4. The van der Waals surface area contributed by atoms with Crippen molar-refractivity contribution in [3.05, 3.63) is 30.1 Å². The van der Waals surface area contributed by atoms with E-state index < -0.39 is 0 Å². The lowest BCUT2D eigenvalue weighted by molar-refractivity contribution is -0.0361. The van der Waals surface area contributed by atoms with Gasteiger partial charge >= 0.3 is 0 Å². The smallest absolute Gasteiger partial charge is 0.269 e. The number of hydrogen-bond acceptors (Lipinski definition) is 4. The van der Waals surface area contributed by atoms with Gasteiger partial charge in [0.05, 0.1) is 18.9 Å². The lowest BCUT2D eigenvalue weighted by Crippen LogP contribution is -2.59. The number of aryl methyl sites for hydroxylation is 1. The lowest BCUT2D eigenvalue weighted by Gasteiger charge is -2.48. The van der Waals surface area contributed by atoms with Crippen molar-refractivity contribution in [1.82, 2.24) is 25.0 Å². The van der Waals surface area contributed by atoms with Gasteiger partial charge in [-0.2, -0.15) is 5.10 Å². The molecule has 1 aliphatic carbocycles. The standard InChI is InChI=1S/C20H29N5O2/c1-24-9-5-6-18(24)16-14-17(23-22-16)19(26)21-15-20(7-3-2-4-8-20)25-10-12-27-13-11-25/h5-6,9,14H,2-4,7-8,10-13,15H2,1H3,(H,21,26)(H,22,23). The minimum atomic E-state index is -0.0823. The van der Waals surface area contributed by atoms with Crippen molar-refractivity contribution >= 4 is 5.91 Å². The quantitative estimate of drug-likeness (QED) is 0.845. The van der Waals surface area contributed by atoms with E-state index in [9.17, 15) is 4.79 Å². The molecular weight excluding hydrogens is 342 g/mol. The van der Waals surface area contributed by atoms with Crippen LogP contribution in [0.5, 0.6) is 0 Å². The van der Waals surface area contributed by atoms with Gasteiger partial charge < -0.3 is 14.6 Å². The predicted molar refractivity (Wildman–Crippen MR) is 104 cm³/mol. The number of amides is 1. The zero-order valence-electron chi connectivity index (χ0n) is 16.0. The van der Waals surface area contributed by atoms with E-state index in [1.807, 2.05) is 36.0 Å². The third-order valence-corrected chi connectivity index (χ3v) is 6.07. The Morgan fingerprint density at radius 1 is 1.30 bits per heavy atom. The molecule has 7 nitrogen and oxygen atoms in total. The highest BCUT2D eigenvalue weighted by molar-refractivity contribution is 5.93. The third-order valence-electron chi connectivity index (χ3n) is 6.07. The molecule has 1 aliphatic heterocycles. The number of carbonyl (C=O) groups excluding carboxylic acids is 1. The fraction of sp³-hybridized carbons (Fsp3) is 0.600. The summed E-state index contributed by atoms with van der Waals surface area (Å²) in [5.74, 6) is -0.0823. The predicted octanol–water partition coefficient (Wildman–Crippen LogP) is 2.18. The maximum atomic E-state index is 12.7. The maximum absolute atomic E-state index is 12.7. The van der Waals surface area contributed by atoms with Crippen molar-refractivity contribution in [3.63, 3.8) is 0 Å². The molecule has 0 unspecified atom stereocenters. The molecule has 0 spiro atoms. The van der Waals surface area contributed by atoms with Gasteiger partial charge in [0.2, 0.25) is 0 Å². The highest BCUT2D eigenvalue weighted by atomic mass is 16.5. The first kappa shape index (κ1) is 18.3. The Morgan fingerprint density at radius 3 is 2.78 bits per heavy atom. The summed E-state index contributed by atoms with van der Waals surface area (Å²) in [6.45, 7) is 4.17. The minimum absolute atomic E-state index is 0.0681. The molecule has 27 heavy (non-hydrogen) atoms. The van der Waals surface area contributed by atoms with Crippen molar-refractivity contribution in [3.8, 4) is 11.4 Å². The van der Waals surface area contributed by atoms with Gasteiger partial charge in [-0.05, 0) is 31.0 Å². The van der Waals surface area contributed by atoms with Gasteiger partial charge in [0, 0.05) is 38.4 Å². The van der Waals surface area contributed by atoms with E-state index in [2.05, 4.69) is 20.4 Å². The molecule has 2 aromatic heterocycles. The molecule has 1 saturated carbocycles. The van der Waals surface area contributed by atoms with Crippen molar-refractivity contribution in [2.75, 3.05) is 32.8 Å². The number of H-pyrrole nitrogens is 1. The number of aromatic amines is 1. The molecule has 2 N–H and O–H groups in total. The van der Waals surface area contributed by atoms with Crippen molar-refractivity contribution < 1.29 is 9.53 Å². The van der Waals surface area contributed by atoms with Crippen molar-refractivity contribution in [2.24, 2.45) is 7.05 Å². The number of morpholine rings is 1. The Kier molecular flexibility index (Phi) is 5.31. The first-order valence-electron chi connectivity index (χ1n) is 9.96. The molecule has 0 radical (unpaired) electrons. The van der Waals surface area contributed by atoms with Crippen LogP contribution in [0.3, 0.4) is 0 Å². The van der Waals surface area contributed by atoms with E-state index in [0.717, 1.165) is 50.5 Å². The van der Waals surface area contributed by atoms with Gasteiger partial charge in [-0.15, -0.1) is 0 Å². The molecule has 2 fully saturated rings. The summed E-state index contributed by atoms with van der Waals surface area (Å²) in [5.41, 5.74) is 2.35. The average molecular weight is 371 g/mol. The first-order chi connectivity index (χ1) is 13.2. The molecule has 146 valence electrons. The van der Waals surface area contributed by atoms with Crippen LogP contribution in [-0.4, -0.2) is 64.0 Å². The second-order valence-corrected chi connectivity index (χ2v) is 7.74. The number of hydrogen-bond donors (Lipinski definition) is 2. The van der Waals surface area contributed by atoms with E-state index in [-0.39, 0.29) is 11.4 Å². The van der Waals surface area contributed by atoms with Crippen LogP contribution in [0.25, 0.3) is 11.4 Å². The second-order valence-electron chi connectivity index (χ2n) is 7.74. The molecule has 2 aromatic rings. The largest absolute Gasteiger partial charge is 0.379 e. The summed E-state index contributed by atoms with van der Waals surface area (Å²) in [7, 11) is 1.97. The number of aromatic nitrogens is 3. The third kappa shape index (κ3) is 3.80. The van der Waals surface area contributed by atoms with Gasteiger partial charge in [-0.3, -0.25) is 14.8 Å². The van der Waals surface area contributed by atoms with Gasteiger partial charge in [-0.25, -0.2) is 0 Å². The molecule has 1 saturated heterocycles. The van der Waals surface area contributed by atoms with Crippen LogP contribution in [0, 0.1) is 0 Å². The highest BCUT2D eigenvalue weighted by Gasteiger charge is 2.38. The molecule has 4 rings (SSSR count). The Bertz CT molecular complexity index is 769. The highest BCUT2D eigenvalue weighted by Crippen LogP contribution is 2.34. The summed E-state index contributed by atoms with van der Waals surface area (Å²) in [4.78, 5) is 15.3. The van der Waals surface area contributed by atoms with Gasteiger partial charge in [-0.1, -0.05) is 19.3 Å². The fourth-order valence-corrected chi connectivity index (χ4v) is 4.49. The number of ether oxygens (including phenoxy) is 1. The molecule has 2 aliphatic rings. The molecule has 0 atom stereocenters. The van der Waals surface area contributed by atoms with Crippen LogP contribution in [0.15, 0.2) is 24.4 Å². The summed E-state index contributed by atoms with van der Waals surface area (Å²) >= 11 is 0. The van der Waals surface area contributed by atoms with Crippen LogP contribution >= 0.6 is 0 Å². The first-order valence-corrected chi connectivity index (χ1v) is 9.96. The molecule has 0 aromatic carbocycles. The molecule has 7 heteroatoms. The van der Waals surface area contributed by atoms with Crippen LogP contribution in [0.4, 0.5) is 0 Å². The van der Waals surface area contributed by atoms with Gasteiger partial charge in [0.15, 0.2) is 0 Å². The monoisotopic (exact) mass is 371 g/mol. The van der Waals surface area contributed by atoms with Gasteiger partial charge in [0.1, 0.15) is 11.4 Å². The van der Waals surface area contributed by atoms with E-state index >= 15 is 0 Å². The zero-order valence-corrected chi connectivity index (χ0v) is 16.0. The Balaban J connectivity index is 1.44.